The maximum Gasteiger partial charge on any atom is 0.315 e. The van der Waals surface area contributed by atoms with E-state index in [1.165, 1.54) is 16.7 Å². The van der Waals surface area contributed by atoms with Crippen molar-refractivity contribution in [2.75, 3.05) is 11.6 Å². The molecule has 136 valence electrons. The first-order valence-electron chi connectivity index (χ1n) is 8.45. The minimum Gasteiger partial charge on any atom is -0.518 e. The minimum atomic E-state index is -2.04. The van der Waals surface area contributed by atoms with Crippen LogP contribution < -0.4 is 4.90 Å². The molecule has 0 aliphatic carbocycles. The molecular formula is C18H26N2O4Si. The summed E-state index contributed by atoms with van der Waals surface area (Å²) in [6, 6.07) is 6.88. The summed E-state index contributed by atoms with van der Waals surface area (Å²) in [5, 5.41) is 0. The number of likely N-dealkylation sites (tertiary alicyclic amines) is 1. The molecule has 1 fully saturated rings. The van der Waals surface area contributed by atoms with Crippen molar-refractivity contribution in [1.82, 2.24) is 4.90 Å². The second kappa shape index (κ2) is 7.39. The molecule has 2 rings (SSSR count). The fourth-order valence-corrected chi connectivity index (χ4v) is 3.51. The summed E-state index contributed by atoms with van der Waals surface area (Å²) in [4.78, 5) is 39.8. The second-order valence-electron chi connectivity index (χ2n) is 7.38. The van der Waals surface area contributed by atoms with E-state index in [9.17, 15) is 14.4 Å². The second-order valence-corrected chi connectivity index (χ2v) is 11.8. The zero-order chi connectivity index (χ0) is 18.8. The molecule has 1 saturated heterocycles. The lowest BCUT2D eigenvalue weighted by Gasteiger charge is -2.31. The van der Waals surface area contributed by atoms with Gasteiger partial charge >= 0.3 is 5.97 Å². The predicted octanol–water partition coefficient (Wildman–Crippen LogP) is 2.67. The van der Waals surface area contributed by atoms with E-state index in [0.717, 1.165) is 5.56 Å². The molecule has 2 amide bonds. The van der Waals surface area contributed by atoms with Gasteiger partial charge in [-0.1, -0.05) is 17.7 Å². The van der Waals surface area contributed by atoms with Gasteiger partial charge in [0, 0.05) is 19.0 Å². The van der Waals surface area contributed by atoms with Crippen molar-refractivity contribution in [3.63, 3.8) is 0 Å². The maximum atomic E-state index is 12.5. The van der Waals surface area contributed by atoms with Crippen LogP contribution in [-0.2, 0) is 18.8 Å². The lowest BCUT2D eigenvalue weighted by Crippen LogP contribution is -2.49. The monoisotopic (exact) mass is 362 g/mol. The number of rotatable bonds is 5. The quantitative estimate of drug-likeness (QED) is 0.755. The lowest BCUT2D eigenvalue weighted by molar-refractivity contribution is -0.144. The summed E-state index contributed by atoms with van der Waals surface area (Å²) >= 11 is 0. The average molecular weight is 363 g/mol. The maximum absolute atomic E-state index is 12.5. The molecule has 1 aliphatic heterocycles. The first-order chi connectivity index (χ1) is 11.6. The van der Waals surface area contributed by atoms with Crippen molar-refractivity contribution < 1.29 is 18.8 Å². The fraction of sp³-hybridized carbons (Fsp3) is 0.500. The largest absolute Gasteiger partial charge is 0.518 e. The third-order valence-corrected chi connectivity index (χ3v) is 4.84. The minimum absolute atomic E-state index is 0.0582. The van der Waals surface area contributed by atoms with Gasteiger partial charge < -0.3 is 9.33 Å². The van der Waals surface area contributed by atoms with Crippen LogP contribution in [0.2, 0.25) is 19.6 Å². The number of hydrogen-bond acceptors (Lipinski definition) is 4. The lowest BCUT2D eigenvalue weighted by atomic mass is 10.2. The van der Waals surface area contributed by atoms with Crippen molar-refractivity contribution in [1.29, 1.82) is 0 Å². The fourth-order valence-electron chi connectivity index (χ4n) is 2.77. The third-order valence-electron chi connectivity index (χ3n) is 4.03. The van der Waals surface area contributed by atoms with Crippen LogP contribution >= 0.6 is 0 Å². The summed E-state index contributed by atoms with van der Waals surface area (Å²) in [5.41, 5.74) is 1.79. The Labute approximate surface area is 149 Å². The molecule has 25 heavy (non-hydrogen) atoms. The number of carbonyl (C=O) groups excluding carboxylic acids is 3. The first kappa shape index (κ1) is 19.2. The van der Waals surface area contributed by atoms with E-state index in [2.05, 4.69) is 0 Å². The summed E-state index contributed by atoms with van der Waals surface area (Å²) < 4.78 is 5.57. The Balaban J connectivity index is 2.20. The van der Waals surface area contributed by atoms with E-state index in [4.69, 9.17) is 4.43 Å². The SMILES string of the molecule is CC(=O)N(CN1C(=O)CCC1C(=O)O[Si](C)(C)C)c1ccc(C)cc1. The van der Waals surface area contributed by atoms with Crippen molar-refractivity contribution in [2.45, 2.75) is 52.4 Å². The normalized spacial score (nSPS) is 17.6. The molecule has 0 aromatic heterocycles. The van der Waals surface area contributed by atoms with Crippen LogP contribution in [0.15, 0.2) is 24.3 Å². The van der Waals surface area contributed by atoms with E-state index < -0.39 is 14.4 Å². The van der Waals surface area contributed by atoms with Crippen molar-refractivity contribution in [3.8, 4) is 0 Å². The molecule has 1 heterocycles. The highest BCUT2D eigenvalue weighted by molar-refractivity contribution is 6.71. The van der Waals surface area contributed by atoms with Gasteiger partial charge in [-0.05, 0) is 45.1 Å². The molecule has 7 heteroatoms. The molecule has 1 atom stereocenters. The van der Waals surface area contributed by atoms with Gasteiger partial charge in [-0.2, -0.15) is 0 Å². The van der Waals surface area contributed by atoms with Gasteiger partial charge in [-0.3, -0.25) is 19.3 Å². The van der Waals surface area contributed by atoms with Crippen LogP contribution in [-0.4, -0.2) is 43.7 Å². The van der Waals surface area contributed by atoms with Gasteiger partial charge in [-0.15, -0.1) is 0 Å². The highest BCUT2D eigenvalue weighted by Gasteiger charge is 2.40. The number of nitrogens with zero attached hydrogens (tertiary/aromatic N) is 2. The Morgan fingerprint density at radius 2 is 1.84 bits per heavy atom. The molecule has 1 aromatic rings. The molecular weight excluding hydrogens is 336 g/mol. The molecule has 0 saturated carbocycles. The zero-order valence-electron chi connectivity index (χ0n) is 15.5. The predicted molar refractivity (Wildman–Crippen MR) is 98.5 cm³/mol. The number of aryl methyl sites for hydroxylation is 1. The number of hydrogen-bond donors (Lipinski definition) is 0. The molecule has 0 N–H and O–H groups in total. The van der Waals surface area contributed by atoms with E-state index in [1.54, 1.807) is 0 Å². The molecule has 0 radical (unpaired) electrons. The standard InChI is InChI=1S/C18H26N2O4Si/c1-13-6-8-15(9-7-13)19(14(2)21)12-20-16(10-11-17(20)22)18(23)24-25(3,4)5/h6-9,16H,10-12H2,1-5H3. The van der Waals surface area contributed by atoms with E-state index in [-0.39, 0.29) is 24.5 Å². The number of anilines is 1. The molecule has 1 aromatic carbocycles. The van der Waals surface area contributed by atoms with Gasteiger partial charge in [-0.25, -0.2) is 0 Å². The van der Waals surface area contributed by atoms with Crippen molar-refractivity contribution in [2.24, 2.45) is 0 Å². The van der Waals surface area contributed by atoms with Gasteiger partial charge in [0.25, 0.3) is 0 Å². The van der Waals surface area contributed by atoms with Crippen molar-refractivity contribution >= 4 is 31.8 Å². The highest BCUT2D eigenvalue weighted by atomic mass is 28.4. The Morgan fingerprint density at radius 3 is 2.36 bits per heavy atom. The smallest absolute Gasteiger partial charge is 0.315 e. The van der Waals surface area contributed by atoms with E-state index in [0.29, 0.717) is 18.5 Å². The van der Waals surface area contributed by atoms with E-state index in [1.807, 2.05) is 50.8 Å². The Bertz CT molecular complexity index is 667. The summed E-state index contributed by atoms with van der Waals surface area (Å²) in [6.45, 7) is 9.27. The highest BCUT2D eigenvalue weighted by Crippen LogP contribution is 2.24. The zero-order valence-corrected chi connectivity index (χ0v) is 16.5. The van der Waals surface area contributed by atoms with Gasteiger partial charge in [0.15, 0.2) is 0 Å². The molecule has 0 bridgehead atoms. The summed E-state index contributed by atoms with van der Waals surface area (Å²) in [6.07, 6.45) is 0.729. The van der Waals surface area contributed by atoms with Crippen LogP contribution in [0.4, 0.5) is 5.69 Å². The third kappa shape index (κ3) is 4.91. The van der Waals surface area contributed by atoms with Gasteiger partial charge in [0.05, 0.1) is 0 Å². The van der Waals surface area contributed by atoms with Gasteiger partial charge in [0.1, 0.15) is 12.7 Å². The van der Waals surface area contributed by atoms with Gasteiger partial charge in [0.2, 0.25) is 20.1 Å². The molecule has 1 aliphatic rings. The van der Waals surface area contributed by atoms with E-state index >= 15 is 0 Å². The topological polar surface area (TPSA) is 66.9 Å². The Kier molecular flexibility index (Phi) is 5.67. The van der Waals surface area contributed by atoms with Crippen LogP contribution in [0.5, 0.6) is 0 Å². The van der Waals surface area contributed by atoms with Crippen LogP contribution in [0.1, 0.15) is 25.3 Å². The van der Waals surface area contributed by atoms with Crippen LogP contribution in [0, 0.1) is 6.92 Å². The molecule has 6 nitrogen and oxygen atoms in total. The molecule has 1 unspecified atom stereocenters. The van der Waals surface area contributed by atoms with Crippen molar-refractivity contribution in [3.05, 3.63) is 29.8 Å². The molecule has 0 spiro atoms. The number of amides is 2. The Morgan fingerprint density at radius 1 is 1.24 bits per heavy atom. The average Bonchev–Trinajstić information content (AvgIpc) is 2.85. The number of carbonyl (C=O) groups is 3. The van der Waals surface area contributed by atoms with Crippen LogP contribution in [0.3, 0.4) is 0 Å². The number of benzene rings is 1. The van der Waals surface area contributed by atoms with Crippen LogP contribution in [0.25, 0.3) is 0 Å². The first-order valence-corrected chi connectivity index (χ1v) is 11.9. The Hall–Kier alpha value is -2.15. The summed E-state index contributed by atoms with van der Waals surface area (Å²) in [5.74, 6) is -0.672. The summed E-state index contributed by atoms with van der Waals surface area (Å²) in [7, 11) is -2.04.